The van der Waals surface area contributed by atoms with Crippen LogP contribution >= 0.6 is 0 Å². The predicted octanol–water partition coefficient (Wildman–Crippen LogP) is 4.76. The molecule has 4 rings (SSSR count). The molecule has 30 heavy (non-hydrogen) atoms. The molecule has 5 nitrogen and oxygen atoms in total. The number of aromatic nitrogens is 1. The number of nitrogens with one attached hydrogen (secondary N) is 1. The van der Waals surface area contributed by atoms with E-state index in [0.29, 0.717) is 25.6 Å². The van der Waals surface area contributed by atoms with Gasteiger partial charge in [-0.3, -0.25) is 4.98 Å². The summed E-state index contributed by atoms with van der Waals surface area (Å²) in [6.45, 7) is 7.19. The zero-order chi connectivity index (χ0) is 21.1. The first-order valence-electron chi connectivity index (χ1n) is 11.3. The summed E-state index contributed by atoms with van der Waals surface area (Å²) in [7, 11) is 1.68. The van der Waals surface area contributed by atoms with Crippen molar-refractivity contribution in [2.75, 3.05) is 38.7 Å². The Morgan fingerprint density at radius 1 is 1.23 bits per heavy atom. The highest BCUT2D eigenvalue weighted by Gasteiger charge is 2.22. The number of hydrogen-bond donors (Lipinski definition) is 1. The van der Waals surface area contributed by atoms with E-state index in [2.05, 4.69) is 30.1 Å². The van der Waals surface area contributed by atoms with Crippen molar-refractivity contribution in [3.05, 3.63) is 23.4 Å². The average Bonchev–Trinajstić information content (AvgIpc) is 3.15. The molecule has 164 valence electrons. The smallest absolute Gasteiger partial charge is 0.163 e. The number of nitrogens with zero attached hydrogens (tertiary/aromatic N) is 2. The van der Waals surface area contributed by atoms with E-state index in [1.54, 1.807) is 7.11 Å². The van der Waals surface area contributed by atoms with Gasteiger partial charge < -0.3 is 19.7 Å². The van der Waals surface area contributed by atoms with Crippen molar-refractivity contribution in [2.24, 2.45) is 0 Å². The van der Waals surface area contributed by atoms with Crippen LogP contribution in [0.1, 0.15) is 50.8 Å². The van der Waals surface area contributed by atoms with E-state index >= 15 is 0 Å². The molecule has 2 aliphatic rings. The van der Waals surface area contributed by atoms with Gasteiger partial charge in [-0.15, -0.1) is 0 Å². The molecule has 1 atom stereocenters. The van der Waals surface area contributed by atoms with Crippen LogP contribution in [0.4, 0.5) is 10.1 Å². The van der Waals surface area contributed by atoms with Gasteiger partial charge in [0.2, 0.25) is 0 Å². The number of anilines is 1. The molecular formula is C24H34FN3O2. The van der Waals surface area contributed by atoms with E-state index in [1.165, 1.54) is 29.8 Å². The van der Waals surface area contributed by atoms with Crippen LogP contribution in [-0.2, 0) is 12.8 Å². The van der Waals surface area contributed by atoms with Crippen LogP contribution < -0.4 is 14.8 Å². The molecule has 1 aliphatic heterocycles. The fourth-order valence-electron chi connectivity index (χ4n) is 4.62. The molecule has 2 aromatic rings. The van der Waals surface area contributed by atoms with Crippen molar-refractivity contribution in [3.63, 3.8) is 0 Å². The summed E-state index contributed by atoms with van der Waals surface area (Å²) in [6, 6.07) is 4.42. The van der Waals surface area contributed by atoms with E-state index in [0.717, 1.165) is 54.8 Å². The summed E-state index contributed by atoms with van der Waals surface area (Å²) in [5.41, 5.74) is 4.72. The summed E-state index contributed by atoms with van der Waals surface area (Å²) in [5.74, 6) is 1.46. The second-order valence-electron chi connectivity index (χ2n) is 8.83. The minimum atomic E-state index is -0.669. The normalized spacial score (nSPS) is 19.3. The molecule has 0 unspecified atom stereocenters. The zero-order valence-corrected chi connectivity index (χ0v) is 18.5. The molecular weight excluding hydrogens is 381 g/mol. The Balaban J connectivity index is 1.56. The Morgan fingerprint density at radius 2 is 2.07 bits per heavy atom. The van der Waals surface area contributed by atoms with Gasteiger partial charge in [0.1, 0.15) is 6.17 Å². The van der Waals surface area contributed by atoms with Crippen LogP contribution in [-0.4, -0.2) is 55.4 Å². The molecule has 6 heteroatoms. The molecule has 1 saturated heterocycles. The van der Waals surface area contributed by atoms with E-state index in [4.69, 9.17) is 14.5 Å². The molecule has 0 amide bonds. The lowest BCUT2D eigenvalue weighted by atomic mass is 9.92. The third-order valence-corrected chi connectivity index (χ3v) is 6.07. The molecule has 1 aromatic carbocycles. The summed E-state index contributed by atoms with van der Waals surface area (Å²) in [6.07, 6.45) is 5.37. The SMILES string of the molecule is COc1cc2c(NC(C)C)c3c(nc2cc1OCCCN1CC[C@H](F)C1)CCCC3. The fraction of sp³-hybridized carbons (Fsp3) is 0.625. The lowest BCUT2D eigenvalue weighted by Gasteiger charge is -2.24. The van der Waals surface area contributed by atoms with Crippen molar-refractivity contribution < 1.29 is 13.9 Å². The van der Waals surface area contributed by atoms with Crippen LogP contribution in [0.25, 0.3) is 10.9 Å². The fourth-order valence-corrected chi connectivity index (χ4v) is 4.62. The van der Waals surface area contributed by atoms with Crippen molar-refractivity contribution in [1.82, 2.24) is 9.88 Å². The monoisotopic (exact) mass is 415 g/mol. The van der Waals surface area contributed by atoms with Crippen molar-refractivity contribution in [3.8, 4) is 11.5 Å². The van der Waals surface area contributed by atoms with Crippen LogP contribution in [0, 0.1) is 0 Å². The largest absolute Gasteiger partial charge is 0.493 e. The van der Waals surface area contributed by atoms with Gasteiger partial charge in [-0.2, -0.15) is 0 Å². The topological polar surface area (TPSA) is 46.6 Å². The second kappa shape index (κ2) is 9.38. The van der Waals surface area contributed by atoms with Crippen molar-refractivity contribution in [2.45, 2.75) is 64.6 Å². The van der Waals surface area contributed by atoms with Gasteiger partial charge in [0.05, 0.1) is 19.2 Å². The Labute approximate surface area is 178 Å². The number of ether oxygens (including phenoxy) is 2. The van der Waals surface area contributed by atoms with Crippen molar-refractivity contribution in [1.29, 1.82) is 0 Å². The molecule has 1 aromatic heterocycles. The van der Waals surface area contributed by atoms with Crippen LogP contribution in [0.15, 0.2) is 12.1 Å². The second-order valence-corrected chi connectivity index (χ2v) is 8.83. The number of benzene rings is 1. The standard InChI is InChI=1S/C24H34FN3O2/c1-16(2)26-24-18-7-4-5-8-20(18)27-21-14-23(22(29-3)13-19(21)24)30-12-6-10-28-11-9-17(25)15-28/h13-14,16-17H,4-12,15H2,1-3H3,(H,26,27)/t17-/m0/s1. The number of pyridine rings is 1. The number of fused-ring (bicyclic) bond motifs is 2. The Hall–Kier alpha value is -2.08. The molecule has 0 radical (unpaired) electrons. The molecule has 2 heterocycles. The molecule has 0 spiro atoms. The lowest BCUT2D eigenvalue weighted by molar-refractivity contribution is 0.243. The summed E-state index contributed by atoms with van der Waals surface area (Å²) >= 11 is 0. The number of halogens is 1. The Morgan fingerprint density at radius 3 is 2.80 bits per heavy atom. The minimum absolute atomic E-state index is 0.345. The molecule has 1 aliphatic carbocycles. The van der Waals surface area contributed by atoms with Gasteiger partial charge in [0.25, 0.3) is 0 Å². The number of hydrogen-bond acceptors (Lipinski definition) is 5. The summed E-state index contributed by atoms with van der Waals surface area (Å²) in [4.78, 5) is 7.16. The minimum Gasteiger partial charge on any atom is -0.493 e. The van der Waals surface area contributed by atoms with Gasteiger partial charge in [0.15, 0.2) is 11.5 Å². The van der Waals surface area contributed by atoms with Gasteiger partial charge in [-0.05, 0) is 64.0 Å². The first kappa shape index (κ1) is 21.2. The molecule has 0 saturated carbocycles. The summed E-state index contributed by atoms with van der Waals surface area (Å²) in [5, 5.41) is 4.76. The third-order valence-electron chi connectivity index (χ3n) is 6.07. The first-order valence-corrected chi connectivity index (χ1v) is 11.3. The third kappa shape index (κ3) is 4.64. The van der Waals surface area contributed by atoms with Gasteiger partial charge >= 0.3 is 0 Å². The lowest BCUT2D eigenvalue weighted by Crippen LogP contribution is -2.23. The highest BCUT2D eigenvalue weighted by molar-refractivity contribution is 5.96. The highest BCUT2D eigenvalue weighted by atomic mass is 19.1. The number of rotatable bonds is 8. The Kier molecular flexibility index (Phi) is 6.61. The number of alkyl halides is 1. The number of aryl methyl sites for hydroxylation is 1. The Bertz CT molecular complexity index is 887. The van der Waals surface area contributed by atoms with Crippen LogP contribution in [0.3, 0.4) is 0 Å². The van der Waals surface area contributed by atoms with Gasteiger partial charge in [-0.1, -0.05) is 0 Å². The maximum Gasteiger partial charge on any atom is 0.163 e. The van der Waals surface area contributed by atoms with E-state index in [1.807, 2.05) is 6.07 Å². The van der Waals surface area contributed by atoms with Crippen molar-refractivity contribution >= 4 is 16.6 Å². The maximum absolute atomic E-state index is 13.3. The maximum atomic E-state index is 13.3. The van der Waals surface area contributed by atoms with E-state index in [9.17, 15) is 4.39 Å². The van der Waals surface area contributed by atoms with Gasteiger partial charge in [-0.25, -0.2) is 4.39 Å². The quantitative estimate of drug-likeness (QED) is 0.630. The zero-order valence-electron chi connectivity index (χ0n) is 18.5. The molecule has 0 bridgehead atoms. The van der Waals surface area contributed by atoms with Crippen LogP contribution in [0.2, 0.25) is 0 Å². The average molecular weight is 416 g/mol. The first-order chi connectivity index (χ1) is 14.5. The van der Waals surface area contributed by atoms with E-state index in [-0.39, 0.29) is 0 Å². The molecule has 1 N–H and O–H groups in total. The van der Waals surface area contributed by atoms with Crippen LogP contribution in [0.5, 0.6) is 11.5 Å². The number of methoxy groups -OCH3 is 1. The number of likely N-dealkylation sites (tertiary alicyclic amines) is 1. The van der Waals surface area contributed by atoms with E-state index < -0.39 is 6.17 Å². The molecule has 1 fully saturated rings. The predicted molar refractivity (Wildman–Crippen MR) is 120 cm³/mol. The summed E-state index contributed by atoms with van der Waals surface area (Å²) < 4.78 is 25.1. The highest BCUT2D eigenvalue weighted by Crippen LogP contribution is 2.39. The van der Waals surface area contributed by atoms with Gasteiger partial charge in [0, 0.05) is 48.5 Å².